The number of carbonyl (C=O) groups is 2. The van der Waals surface area contributed by atoms with Crippen LogP contribution in [-0.2, 0) is 11.3 Å². The molecule has 1 aromatic carbocycles. The highest BCUT2D eigenvalue weighted by molar-refractivity contribution is 5.88. The Kier molecular flexibility index (Phi) is 4.33. The standard InChI is InChI=1S/C11H13NO5/c1-2-17-11(16)12-6-8-5-7(10(14)15)3-4-9(8)13/h3-5,13H,2,6H2,1H3,(H,12,16)(H,14,15)/p-1. The third-order valence-corrected chi connectivity index (χ3v) is 2.01. The molecule has 0 heterocycles. The zero-order chi connectivity index (χ0) is 12.8. The molecule has 0 unspecified atom stereocenters. The van der Waals surface area contributed by atoms with Gasteiger partial charge in [0.15, 0.2) is 0 Å². The van der Waals surface area contributed by atoms with E-state index in [9.17, 15) is 14.7 Å². The molecule has 2 N–H and O–H groups in total. The topological polar surface area (TPSA) is 98.7 Å². The molecule has 0 saturated heterocycles. The summed E-state index contributed by atoms with van der Waals surface area (Å²) in [7, 11) is 0. The molecule has 6 nitrogen and oxygen atoms in total. The molecule has 0 aromatic heterocycles. The first kappa shape index (κ1) is 12.8. The molecule has 0 atom stereocenters. The molecule has 0 aliphatic rings. The summed E-state index contributed by atoms with van der Waals surface area (Å²) in [4.78, 5) is 21.7. The molecule has 0 saturated carbocycles. The van der Waals surface area contributed by atoms with Gasteiger partial charge in [0.05, 0.1) is 12.2 Å². The minimum atomic E-state index is -1.12. The van der Waals surface area contributed by atoms with Gasteiger partial charge in [0.2, 0.25) is 0 Å². The van der Waals surface area contributed by atoms with Crippen LogP contribution < -0.4 is 10.4 Å². The molecular formula is C11H12NO5-. The highest BCUT2D eigenvalue weighted by Gasteiger charge is 2.06. The van der Waals surface area contributed by atoms with Crippen LogP contribution in [0.25, 0.3) is 0 Å². The van der Waals surface area contributed by atoms with Gasteiger partial charge in [-0.15, -0.1) is 5.75 Å². The van der Waals surface area contributed by atoms with Crippen LogP contribution in [0, 0.1) is 0 Å². The molecule has 0 fully saturated rings. The van der Waals surface area contributed by atoms with Gasteiger partial charge in [-0.3, -0.25) is 0 Å². The van der Waals surface area contributed by atoms with Crippen molar-refractivity contribution in [3.63, 3.8) is 0 Å². The van der Waals surface area contributed by atoms with Crippen LogP contribution >= 0.6 is 0 Å². The minimum Gasteiger partial charge on any atom is -0.872 e. The molecular weight excluding hydrogens is 226 g/mol. The third-order valence-electron chi connectivity index (χ3n) is 2.01. The fourth-order valence-electron chi connectivity index (χ4n) is 1.20. The average molecular weight is 238 g/mol. The SMILES string of the molecule is CCOC(=O)NCc1cc(C(=O)O)ccc1[O-]. The monoisotopic (exact) mass is 238 g/mol. The Morgan fingerprint density at radius 2 is 2.18 bits per heavy atom. The summed E-state index contributed by atoms with van der Waals surface area (Å²) in [6, 6.07) is 3.61. The second kappa shape index (κ2) is 5.74. The van der Waals surface area contributed by atoms with E-state index in [4.69, 9.17) is 5.11 Å². The van der Waals surface area contributed by atoms with Gasteiger partial charge < -0.3 is 20.3 Å². The van der Waals surface area contributed by atoms with E-state index in [-0.39, 0.29) is 30.0 Å². The number of benzene rings is 1. The summed E-state index contributed by atoms with van der Waals surface area (Å²) < 4.78 is 4.61. The third kappa shape index (κ3) is 3.67. The van der Waals surface area contributed by atoms with E-state index in [0.29, 0.717) is 0 Å². The van der Waals surface area contributed by atoms with Gasteiger partial charge in [-0.25, -0.2) is 9.59 Å². The van der Waals surface area contributed by atoms with E-state index in [1.807, 2.05) is 0 Å². The maximum Gasteiger partial charge on any atom is 0.407 e. The lowest BCUT2D eigenvalue weighted by Gasteiger charge is -2.14. The van der Waals surface area contributed by atoms with Gasteiger partial charge in [0.25, 0.3) is 0 Å². The Morgan fingerprint density at radius 1 is 1.47 bits per heavy atom. The Morgan fingerprint density at radius 3 is 2.76 bits per heavy atom. The lowest BCUT2D eigenvalue weighted by molar-refractivity contribution is -0.269. The molecule has 0 aliphatic carbocycles. The van der Waals surface area contributed by atoms with Crippen molar-refractivity contribution in [2.24, 2.45) is 0 Å². The second-order valence-electron chi connectivity index (χ2n) is 3.20. The van der Waals surface area contributed by atoms with Crippen molar-refractivity contribution >= 4 is 12.1 Å². The first-order valence-electron chi connectivity index (χ1n) is 4.98. The van der Waals surface area contributed by atoms with Crippen LogP contribution in [0.5, 0.6) is 5.75 Å². The Hall–Kier alpha value is -2.24. The maximum absolute atomic E-state index is 11.4. The van der Waals surface area contributed by atoms with E-state index in [1.165, 1.54) is 12.1 Å². The van der Waals surface area contributed by atoms with E-state index in [0.717, 1.165) is 6.07 Å². The van der Waals surface area contributed by atoms with Crippen LogP contribution in [0.2, 0.25) is 0 Å². The van der Waals surface area contributed by atoms with Crippen LogP contribution in [0.3, 0.4) is 0 Å². The second-order valence-corrected chi connectivity index (χ2v) is 3.20. The van der Waals surface area contributed by atoms with Gasteiger partial charge in [-0.2, -0.15) is 0 Å². The minimum absolute atomic E-state index is 0.00487. The van der Waals surface area contributed by atoms with Gasteiger partial charge in [-0.05, 0) is 24.6 Å². The van der Waals surface area contributed by atoms with E-state index >= 15 is 0 Å². The molecule has 92 valence electrons. The summed E-state index contributed by atoms with van der Waals surface area (Å²) in [5.41, 5.74) is 0.211. The number of alkyl carbamates (subject to hydrolysis) is 1. The molecule has 1 aromatic rings. The number of hydrogen-bond donors (Lipinski definition) is 2. The molecule has 0 aliphatic heterocycles. The number of hydrogen-bond acceptors (Lipinski definition) is 4. The van der Waals surface area contributed by atoms with Crippen LogP contribution in [0.1, 0.15) is 22.8 Å². The number of amides is 1. The smallest absolute Gasteiger partial charge is 0.407 e. The predicted octanol–water partition coefficient (Wildman–Crippen LogP) is 0.704. The largest absolute Gasteiger partial charge is 0.872 e. The van der Waals surface area contributed by atoms with Crippen molar-refractivity contribution in [2.45, 2.75) is 13.5 Å². The van der Waals surface area contributed by atoms with Crippen molar-refractivity contribution in [2.75, 3.05) is 6.61 Å². The quantitative estimate of drug-likeness (QED) is 0.804. The van der Waals surface area contributed by atoms with E-state index < -0.39 is 12.1 Å². The zero-order valence-corrected chi connectivity index (χ0v) is 9.23. The summed E-state index contributed by atoms with van der Waals surface area (Å²) in [6.07, 6.45) is -0.646. The first-order chi connectivity index (χ1) is 8.04. The first-order valence-corrected chi connectivity index (χ1v) is 4.98. The number of carbonyl (C=O) groups excluding carboxylic acids is 1. The van der Waals surface area contributed by atoms with Gasteiger partial charge in [0.1, 0.15) is 0 Å². The lowest BCUT2D eigenvalue weighted by atomic mass is 10.1. The van der Waals surface area contributed by atoms with Crippen molar-refractivity contribution in [3.8, 4) is 5.75 Å². The van der Waals surface area contributed by atoms with Crippen LogP contribution in [-0.4, -0.2) is 23.8 Å². The number of carboxylic acids is 1. The van der Waals surface area contributed by atoms with Crippen molar-refractivity contribution in [3.05, 3.63) is 29.3 Å². The Bertz CT molecular complexity index is 430. The predicted molar refractivity (Wildman–Crippen MR) is 56.7 cm³/mol. The Balaban J connectivity index is 2.73. The van der Waals surface area contributed by atoms with E-state index in [2.05, 4.69) is 10.1 Å². The summed E-state index contributed by atoms with van der Waals surface area (Å²) in [5.74, 6) is -1.45. The number of nitrogens with one attached hydrogen (secondary N) is 1. The molecule has 0 spiro atoms. The summed E-state index contributed by atoms with van der Waals surface area (Å²) in [6.45, 7) is 1.83. The molecule has 17 heavy (non-hydrogen) atoms. The van der Waals surface area contributed by atoms with E-state index in [1.54, 1.807) is 6.92 Å². The van der Waals surface area contributed by atoms with Crippen LogP contribution in [0.15, 0.2) is 18.2 Å². The van der Waals surface area contributed by atoms with Gasteiger partial charge in [0, 0.05) is 6.54 Å². The van der Waals surface area contributed by atoms with Crippen molar-refractivity contribution < 1.29 is 24.5 Å². The molecule has 1 rings (SSSR count). The number of rotatable bonds is 4. The number of ether oxygens (including phenoxy) is 1. The normalized spacial score (nSPS) is 9.71. The molecule has 1 amide bonds. The molecule has 6 heteroatoms. The van der Waals surface area contributed by atoms with Crippen LogP contribution in [0.4, 0.5) is 4.79 Å². The van der Waals surface area contributed by atoms with Crippen molar-refractivity contribution in [1.29, 1.82) is 0 Å². The summed E-state index contributed by atoms with van der Waals surface area (Å²) in [5, 5.41) is 22.5. The van der Waals surface area contributed by atoms with Gasteiger partial charge in [-0.1, -0.05) is 6.07 Å². The fraction of sp³-hybridized carbons (Fsp3) is 0.273. The Labute approximate surface area is 97.8 Å². The number of aromatic carboxylic acids is 1. The lowest BCUT2D eigenvalue weighted by Crippen LogP contribution is -2.24. The van der Waals surface area contributed by atoms with Gasteiger partial charge >= 0.3 is 12.1 Å². The summed E-state index contributed by atoms with van der Waals surface area (Å²) >= 11 is 0. The fourth-order valence-corrected chi connectivity index (χ4v) is 1.20. The zero-order valence-electron chi connectivity index (χ0n) is 9.23. The van der Waals surface area contributed by atoms with Crippen molar-refractivity contribution in [1.82, 2.24) is 5.32 Å². The molecule has 0 radical (unpaired) electrons. The average Bonchev–Trinajstić information content (AvgIpc) is 2.28. The highest BCUT2D eigenvalue weighted by Crippen LogP contribution is 2.15. The molecule has 0 bridgehead atoms. The highest BCUT2D eigenvalue weighted by atomic mass is 16.5. The number of carboxylic acid groups (broad SMARTS) is 1. The maximum atomic E-state index is 11.4.